The molecule has 1 saturated heterocycles. The summed E-state index contributed by atoms with van der Waals surface area (Å²) in [7, 11) is 0. The van der Waals surface area contributed by atoms with Crippen molar-refractivity contribution in [2.24, 2.45) is 0 Å². The van der Waals surface area contributed by atoms with Crippen molar-refractivity contribution in [2.75, 3.05) is 11.9 Å². The summed E-state index contributed by atoms with van der Waals surface area (Å²) in [5.74, 6) is -0.210. The first-order valence-electron chi connectivity index (χ1n) is 10.6. The van der Waals surface area contributed by atoms with Gasteiger partial charge in [0.25, 0.3) is 5.91 Å². The number of aromatic nitrogens is 2. The molecule has 0 spiro atoms. The highest BCUT2D eigenvalue weighted by molar-refractivity contribution is 6.16. The normalized spacial score (nSPS) is 14.7. The van der Waals surface area contributed by atoms with Crippen LogP contribution in [0.15, 0.2) is 54.4 Å². The number of pyridine rings is 1. The van der Waals surface area contributed by atoms with Crippen molar-refractivity contribution < 1.29 is 14.4 Å². The van der Waals surface area contributed by atoms with Gasteiger partial charge >= 0.3 is 6.03 Å². The van der Waals surface area contributed by atoms with Crippen LogP contribution in [0, 0.1) is 27.7 Å². The van der Waals surface area contributed by atoms with Crippen LogP contribution in [0.5, 0.6) is 0 Å². The molecule has 0 atom stereocenters. The van der Waals surface area contributed by atoms with Crippen molar-refractivity contribution in [3.63, 3.8) is 0 Å². The monoisotopic (exact) mass is 443 g/mol. The molecule has 1 aliphatic heterocycles. The molecule has 33 heavy (non-hydrogen) atoms. The average molecular weight is 444 g/mol. The van der Waals surface area contributed by atoms with Gasteiger partial charge in [0.2, 0.25) is 5.91 Å². The fourth-order valence-corrected chi connectivity index (χ4v) is 3.87. The minimum atomic E-state index is -0.625. The molecule has 0 unspecified atom stereocenters. The minimum Gasteiger partial charge on any atom is -0.325 e. The lowest BCUT2D eigenvalue weighted by Crippen LogP contribution is -2.38. The first-order valence-corrected chi connectivity index (χ1v) is 10.6. The first kappa shape index (κ1) is 22.0. The molecule has 168 valence electrons. The van der Waals surface area contributed by atoms with E-state index in [4.69, 9.17) is 0 Å². The Kier molecular flexibility index (Phi) is 5.83. The third kappa shape index (κ3) is 4.55. The van der Waals surface area contributed by atoms with Gasteiger partial charge in [0.1, 0.15) is 18.1 Å². The molecular formula is C25H25N5O3. The molecule has 3 heterocycles. The molecule has 4 rings (SSSR count). The lowest BCUT2D eigenvalue weighted by Gasteiger charge is -2.12. The second-order valence-corrected chi connectivity index (χ2v) is 8.15. The average Bonchev–Trinajstić information content (AvgIpc) is 3.17. The van der Waals surface area contributed by atoms with Crippen LogP contribution in [0.3, 0.4) is 0 Å². The third-order valence-electron chi connectivity index (χ3n) is 5.47. The van der Waals surface area contributed by atoms with Crippen molar-refractivity contribution in [1.82, 2.24) is 19.8 Å². The van der Waals surface area contributed by atoms with Gasteiger partial charge in [-0.3, -0.25) is 9.59 Å². The number of rotatable bonds is 5. The Labute approximate surface area is 191 Å². The Balaban J connectivity index is 1.53. The van der Waals surface area contributed by atoms with Gasteiger partial charge in [-0.15, -0.1) is 0 Å². The van der Waals surface area contributed by atoms with Crippen molar-refractivity contribution >= 4 is 29.6 Å². The summed E-state index contributed by atoms with van der Waals surface area (Å²) in [6.07, 6.45) is 3.38. The van der Waals surface area contributed by atoms with Crippen LogP contribution < -0.4 is 10.6 Å². The number of hydrogen-bond donors (Lipinski definition) is 2. The van der Waals surface area contributed by atoms with Gasteiger partial charge < -0.3 is 15.2 Å². The Morgan fingerprint density at radius 1 is 1.06 bits per heavy atom. The topological polar surface area (TPSA) is 96.3 Å². The number of imide groups is 1. The maximum Gasteiger partial charge on any atom is 0.329 e. The summed E-state index contributed by atoms with van der Waals surface area (Å²) >= 11 is 0. The number of anilines is 1. The van der Waals surface area contributed by atoms with E-state index in [0.29, 0.717) is 5.69 Å². The summed E-state index contributed by atoms with van der Waals surface area (Å²) in [5.41, 5.74) is 5.43. The van der Waals surface area contributed by atoms with Crippen LogP contribution in [-0.4, -0.2) is 38.8 Å². The highest BCUT2D eigenvalue weighted by Gasteiger charge is 2.35. The molecule has 8 nitrogen and oxygen atoms in total. The zero-order valence-corrected chi connectivity index (χ0v) is 19.0. The highest BCUT2D eigenvalue weighted by Crippen LogP contribution is 2.23. The van der Waals surface area contributed by atoms with Crippen LogP contribution in [0.1, 0.15) is 28.1 Å². The van der Waals surface area contributed by atoms with Crippen molar-refractivity contribution in [2.45, 2.75) is 27.7 Å². The van der Waals surface area contributed by atoms with E-state index in [1.54, 1.807) is 18.3 Å². The van der Waals surface area contributed by atoms with Gasteiger partial charge in [-0.1, -0.05) is 12.1 Å². The fraction of sp³-hybridized carbons (Fsp3) is 0.200. The number of nitrogens with zero attached hydrogens (tertiary/aromatic N) is 3. The molecule has 4 amide bonds. The van der Waals surface area contributed by atoms with Gasteiger partial charge in [-0.25, -0.2) is 14.7 Å². The molecule has 0 radical (unpaired) electrons. The van der Waals surface area contributed by atoms with Crippen LogP contribution in [-0.2, 0) is 9.59 Å². The first-order chi connectivity index (χ1) is 15.7. The molecule has 1 aromatic carbocycles. The van der Waals surface area contributed by atoms with Crippen LogP contribution in [0.2, 0.25) is 0 Å². The number of benzene rings is 1. The van der Waals surface area contributed by atoms with E-state index in [1.807, 2.05) is 68.7 Å². The molecule has 1 fully saturated rings. The molecule has 3 aromatic rings. The number of hydrogen-bond acceptors (Lipinski definition) is 4. The molecule has 0 aliphatic carbocycles. The number of amides is 4. The van der Waals surface area contributed by atoms with Gasteiger partial charge in [0.15, 0.2) is 0 Å². The Bertz CT molecular complexity index is 1310. The van der Waals surface area contributed by atoms with Crippen molar-refractivity contribution in [3.05, 3.63) is 82.4 Å². The van der Waals surface area contributed by atoms with E-state index in [-0.39, 0.29) is 12.2 Å². The van der Waals surface area contributed by atoms with Gasteiger partial charge in [-0.2, -0.15) is 0 Å². The van der Waals surface area contributed by atoms with Crippen LogP contribution in [0.25, 0.3) is 11.9 Å². The van der Waals surface area contributed by atoms with E-state index in [9.17, 15) is 14.4 Å². The second-order valence-electron chi connectivity index (χ2n) is 8.15. The van der Waals surface area contributed by atoms with E-state index in [2.05, 4.69) is 15.6 Å². The number of carbonyl (C=O) groups excluding carboxylic acids is 3. The van der Waals surface area contributed by atoms with Crippen molar-refractivity contribution in [3.8, 4) is 5.82 Å². The molecular weight excluding hydrogens is 418 g/mol. The summed E-state index contributed by atoms with van der Waals surface area (Å²) in [5, 5.41) is 5.29. The maximum absolute atomic E-state index is 12.9. The van der Waals surface area contributed by atoms with E-state index in [1.165, 1.54) is 0 Å². The Morgan fingerprint density at radius 3 is 2.55 bits per heavy atom. The summed E-state index contributed by atoms with van der Waals surface area (Å²) in [4.78, 5) is 43.0. The van der Waals surface area contributed by atoms with Crippen molar-refractivity contribution in [1.29, 1.82) is 0 Å². The number of nitrogens with one attached hydrogen (secondary N) is 2. The quantitative estimate of drug-likeness (QED) is 0.465. The van der Waals surface area contributed by atoms with E-state index in [0.717, 1.165) is 38.8 Å². The number of urea groups is 1. The molecule has 0 bridgehead atoms. The van der Waals surface area contributed by atoms with Crippen LogP contribution >= 0.6 is 0 Å². The SMILES string of the molecule is Cc1cccc(NC(=O)CN2C(=O)N/C(=C/c3cc(C)n(-c4cc(C)ccn4)c3C)C2=O)c1. The molecule has 8 heteroatoms. The molecule has 0 saturated carbocycles. The lowest BCUT2D eigenvalue weighted by atomic mass is 10.2. The van der Waals surface area contributed by atoms with E-state index >= 15 is 0 Å². The Hall–Kier alpha value is -4.20. The van der Waals surface area contributed by atoms with Gasteiger partial charge in [-0.05, 0) is 80.8 Å². The van der Waals surface area contributed by atoms with Gasteiger partial charge in [0.05, 0.1) is 0 Å². The summed E-state index contributed by atoms with van der Waals surface area (Å²) in [6.45, 7) is 7.42. The largest absolute Gasteiger partial charge is 0.329 e. The summed E-state index contributed by atoms with van der Waals surface area (Å²) in [6, 6.07) is 12.5. The predicted molar refractivity (Wildman–Crippen MR) is 126 cm³/mol. The minimum absolute atomic E-state index is 0.126. The lowest BCUT2D eigenvalue weighted by molar-refractivity contribution is -0.127. The smallest absolute Gasteiger partial charge is 0.325 e. The fourth-order valence-electron chi connectivity index (χ4n) is 3.87. The predicted octanol–water partition coefficient (Wildman–Crippen LogP) is 3.64. The zero-order valence-electron chi connectivity index (χ0n) is 19.0. The second kappa shape index (κ2) is 8.74. The maximum atomic E-state index is 12.9. The molecule has 1 aliphatic rings. The number of aryl methyl sites for hydroxylation is 3. The van der Waals surface area contributed by atoms with E-state index < -0.39 is 17.8 Å². The number of carbonyl (C=O) groups is 3. The molecule has 2 N–H and O–H groups in total. The third-order valence-corrected chi connectivity index (χ3v) is 5.47. The van der Waals surface area contributed by atoms with Crippen LogP contribution in [0.4, 0.5) is 10.5 Å². The molecule has 2 aromatic heterocycles. The Morgan fingerprint density at radius 2 is 1.82 bits per heavy atom. The summed E-state index contributed by atoms with van der Waals surface area (Å²) < 4.78 is 1.99. The zero-order chi connectivity index (χ0) is 23.7. The highest BCUT2D eigenvalue weighted by atomic mass is 16.2. The van der Waals surface area contributed by atoms with Gasteiger partial charge in [0, 0.05) is 23.3 Å². The standard InChI is InChI=1S/C25H25N5O3/c1-15-6-5-7-20(10-15)27-23(31)14-29-24(32)21(28-25(29)33)13-19-12-17(3)30(18(19)4)22-11-16(2)8-9-26-22/h5-13H,14H2,1-4H3,(H,27,31)(H,28,33)/b21-13+.